The van der Waals surface area contributed by atoms with Crippen molar-refractivity contribution in [2.24, 2.45) is 0 Å². The van der Waals surface area contributed by atoms with Gasteiger partial charge in [0, 0.05) is 24.6 Å². The van der Waals surface area contributed by atoms with Crippen molar-refractivity contribution in [3.05, 3.63) is 18.2 Å². The van der Waals surface area contributed by atoms with Crippen molar-refractivity contribution < 1.29 is 42.5 Å². The number of aryl methyl sites for hydroxylation is 1. The topological polar surface area (TPSA) is 85.9 Å². The molecule has 0 aliphatic rings. The summed E-state index contributed by atoms with van der Waals surface area (Å²) in [5.74, 6) is 0.381. The maximum Gasteiger partial charge on any atom is 1.00 e. The summed E-state index contributed by atoms with van der Waals surface area (Å²) in [5, 5.41) is 0. The summed E-state index contributed by atoms with van der Waals surface area (Å²) in [7, 11) is -4.07. The summed E-state index contributed by atoms with van der Waals surface area (Å²) in [6.07, 6.45) is 4.05. The molecule has 1 rings (SSSR count). The average molecular weight is 212 g/mol. The predicted octanol–water partition coefficient (Wildman–Crippen LogP) is -3.11. The number of hydrogen-bond acceptors (Lipinski definition) is 4. The third-order valence-electron chi connectivity index (χ3n) is 1.36. The van der Waals surface area contributed by atoms with Crippen LogP contribution in [0.5, 0.6) is 0 Å². The van der Waals surface area contributed by atoms with Gasteiger partial charge in [-0.05, 0) is 6.42 Å². The molecule has 1 aromatic heterocycles. The van der Waals surface area contributed by atoms with Crippen LogP contribution >= 0.6 is 0 Å². The van der Waals surface area contributed by atoms with Crippen molar-refractivity contribution in [1.82, 2.24) is 9.97 Å². The Hall–Kier alpha value is 0.120. The first-order valence-corrected chi connectivity index (χ1v) is 5.07. The zero-order valence-electron chi connectivity index (χ0n) is 7.36. The molecule has 0 aliphatic heterocycles. The van der Waals surface area contributed by atoms with Gasteiger partial charge in [0.2, 0.25) is 0 Å². The van der Waals surface area contributed by atoms with Crippen molar-refractivity contribution in [2.75, 3.05) is 5.75 Å². The van der Waals surface area contributed by atoms with E-state index < -0.39 is 10.1 Å². The molecule has 0 fully saturated rings. The number of nitrogens with one attached hydrogen (secondary N) is 1. The molecule has 1 N–H and O–H groups in total. The Morgan fingerprint density at radius 3 is 2.69 bits per heavy atom. The van der Waals surface area contributed by atoms with Gasteiger partial charge in [0.15, 0.2) is 0 Å². The largest absolute Gasteiger partial charge is 1.00 e. The van der Waals surface area contributed by atoms with E-state index in [9.17, 15) is 13.0 Å². The molecule has 7 heteroatoms. The molecule has 0 spiro atoms. The number of hydrogen-bond donors (Lipinski definition) is 1. The second kappa shape index (κ2) is 5.77. The summed E-state index contributed by atoms with van der Waals surface area (Å²) in [5.41, 5.74) is 0. The molecule has 0 amide bonds. The smallest absolute Gasteiger partial charge is 0.748 e. The van der Waals surface area contributed by atoms with Crippen LogP contribution in [0.1, 0.15) is 12.2 Å². The number of imidazole rings is 1. The summed E-state index contributed by atoms with van der Waals surface area (Å²) in [6, 6.07) is 0. The first-order chi connectivity index (χ1) is 5.58. The molecule has 1 aromatic rings. The summed E-state index contributed by atoms with van der Waals surface area (Å²) >= 11 is 0. The molecule has 5 nitrogen and oxygen atoms in total. The number of rotatable bonds is 4. The average Bonchev–Trinajstić information content (AvgIpc) is 2.36. The monoisotopic (exact) mass is 212 g/mol. The van der Waals surface area contributed by atoms with Gasteiger partial charge in [-0.1, -0.05) is 0 Å². The van der Waals surface area contributed by atoms with E-state index in [0.717, 1.165) is 0 Å². The molecule has 68 valence electrons. The molecule has 0 saturated carbocycles. The fourth-order valence-electron chi connectivity index (χ4n) is 0.851. The van der Waals surface area contributed by atoms with Crippen LogP contribution in [0.2, 0.25) is 0 Å². The van der Waals surface area contributed by atoms with E-state index in [-0.39, 0.29) is 35.3 Å². The van der Waals surface area contributed by atoms with Crippen LogP contribution in [0.15, 0.2) is 12.4 Å². The molecule has 0 aliphatic carbocycles. The molecule has 13 heavy (non-hydrogen) atoms. The normalized spacial score (nSPS) is 10.8. The summed E-state index contributed by atoms with van der Waals surface area (Å²) in [6.45, 7) is 0. The molecule has 0 bridgehead atoms. The minimum atomic E-state index is -4.07. The fourth-order valence-corrected chi connectivity index (χ4v) is 1.35. The molecule has 0 radical (unpaired) electrons. The van der Waals surface area contributed by atoms with E-state index in [4.69, 9.17) is 0 Å². The van der Waals surface area contributed by atoms with Crippen LogP contribution in [-0.4, -0.2) is 28.7 Å². The Labute approximate surface area is 99.0 Å². The number of aromatic amines is 1. The fraction of sp³-hybridized carbons (Fsp3) is 0.500. The Morgan fingerprint density at radius 2 is 2.23 bits per heavy atom. The first-order valence-electron chi connectivity index (χ1n) is 3.50. The molecule has 0 unspecified atom stereocenters. The Balaban J connectivity index is 0.00000144. The van der Waals surface area contributed by atoms with E-state index in [0.29, 0.717) is 18.7 Å². The second-order valence-electron chi connectivity index (χ2n) is 2.40. The molecular weight excluding hydrogens is 203 g/mol. The van der Waals surface area contributed by atoms with E-state index in [1.54, 1.807) is 12.4 Å². The quantitative estimate of drug-likeness (QED) is 0.423. The van der Waals surface area contributed by atoms with Crippen LogP contribution in [-0.2, 0) is 16.5 Å². The number of nitrogens with zero attached hydrogens (tertiary/aromatic N) is 1. The zero-order valence-corrected chi connectivity index (χ0v) is 10.2. The third kappa shape index (κ3) is 6.23. The predicted molar refractivity (Wildman–Crippen MR) is 41.5 cm³/mol. The van der Waals surface area contributed by atoms with E-state index in [1.807, 2.05) is 0 Å². The summed E-state index contributed by atoms with van der Waals surface area (Å²) in [4.78, 5) is 6.70. The van der Waals surface area contributed by atoms with Gasteiger partial charge in [-0.15, -0.1) is 0 Å². The van der Waals surface area contributed by atoms with Crippen molar-refractivity contribution >= 4 is 10.1 Å². The van der Waals surface area contributed by atoms with E-state index in [1.165, 1.54) is 0 Å². The SMILES string of the molecule is O=S(=O)([O-])CCCc1ncc[nH]1.[Na+]. The van der Waals surface area contributed by atoms with Crippen LogP contribution < -0.4 is 29.6 Å². The van der Waals surface area contributed by atoms with Crippen molar-refractivity contribution in [1.29, 1.82) is 0 Å². The van der Waals surface area contributed by atoms with Gasteiger partial charge < -0.3 is 9.54 Å². The summed E-state index contributed by atoms with van der Waals surface area (Å²) < 4.78 is 30.5. The van der Waals surface area contributed by atoms with Gasteiger partial charge in [-0.3, -0.25) is 0 Å². The van der Waals surface area contributed by atoms with Crippen molar-refractivity contribution in [3.8, 4) is 0 Å². The van der Waals surface area contributed by atoms with Gasteiger partial charge in [0.05, 0.1) is 10.1 Å². The Bertz CT molecular complexity index is 322. The van der Waals surface area contributed by atoms with Crippen molar-refractivity contribution in [3.63, 3.8) is 0 Å². The Morgan fingerprint density at radius 1 is 1.54 bits per heavy atom. The molecule has 0 aromatic carbocycles. The molecule has 0 saturated heterocycles. The maximum absolute atomic E-state index is 10.2. The van der Waals surface area contributed by atoms with Crippen LogP contribution in [0.3, 0.4) is 0 Å². The van der Waals surface area contributed by atoms with E-state index in [2.05, 4.69) is 9.97 Å². The van der Waals surface area contributed by atoms with Gasteiger partial charge in [-0.2, -0.15) is 0 Å². The second-order valence-corrected chi connectivity index (χ2v) is 3.92. The number of aromatic nitrogens is 2. The minimum absolute atomic E-state index is 0. The van der Waals surface area contributed by atoms with Crippen LogP contribution in [0.4, 0.5) is 0 Å². The minimum Gasteiger partial charge on any atom is -0.748 e. The maximum atomic E-state index is 10.2. The standard InChI is InChI=1S/C6H10N2O3S.Na/c9-12(10,11)5-1-2-6-7-3-4-8-6;/h3-4H,1-2,5H2,(H,7,8)(H,9,10,11);/q;+1/p-1. The number of H-pyrrole nitrogens is 1. The van der Waals surface area contributed by atoms with Gasteiger partial charge in [0.25, 0.3) is 0 Å². The van der Waals surface area contributed by atoms with Gasteiger partial charge in [-0.25, -0.2) is 13.4 Å². The van der Waals surface area contributed by atoms with Gasteiger partial charge in [0.1, 0.15) is 5.82 Å². The third-order valence-corrected chi connectivity index (χ3v) is 2.15. The van der Waals surface area contributed by atoms with Crippen molar-refractivity contribution in [2.45, 2.75) is 12.8 Å². The molecular formula is C6H9N2NaO3S. The van der Waals surface area contributed by atoms with Crippen LogP contribution in [0.25, 0.3) is 0 Å². The van der Waals surface area contributed by atoms with Crippen LogP contribution in [0, 0.1) is 0 Å². The molecule has 1 heterocycles. The van der Waals surface area contributed by atoms with E-state index >= 15 is 0 Å². The molecule has 0 atom stereocenters. The zero-order chi connectivity index (χ0) is 9.03. The Kier molecular flexibility index (Phi) is 5.82. The first kappa shape index (κ1) is 13.1. The van der Waals surface area contributed by atoms with Gasteiger partial charge >= 0.3 is 29.6 Å².